The zero-order valence-corrected chi connectivity index (χ0v) is 28.0. The summed E-state index contributed by atoms with van der Waals surface area (Å²) in [6, 6.07) is 22.1. The first kappa shape index (κ1) is 32.5. The van der Waals surface area contributed by atoms with Gasteiger partial charge in [0.05, 0.1) is 45.4 Å². The van der Waals surface area contributed by atoms with Gasteiger partial charge in [0.2, 0.25) is 0 Å². The van der Waals surface area contributed by atoms with Crippen molar-refractivity contribution in [3.63, 3.8) is 0 Å². The Morgan fingerprint density at radius 3 is 2.40 bits per heavy atom. The van der Waals surface area contributed by atoms with Crippen molar-refractivity contribution in [3.05, 3.63) is 142 Å². The van der Waals surface area contributed by atoms with Crippen LogP contribution in [0.5, 0.6) is 5.75 Å². The van der Waals surface area contributed by atoms with E-state index in [0.717, 1.165) is 34.5 Å². The van der Waals surface area contributed by atoms with Crippen molar-refractivity contribution in [1.29, 1.82) is 0 Å². The molecule has 1 aliphatic rings. The minimum absolute atomic E-state index is 0.132. The molecule has 5 aromatic rings. The average molecular weight is 680 g/mol. The molecule has 0 fully saturated rings. The van der Waals surface area contributed by atoms with E-state index >= 15 is 0 Å². The lowest BCUT2D eigenvalue weighted by atomic mass is 9.93. The van der Waals surface area contributed by atoms with Gasteiger partial charge in [-0.15, -0.1) is 0 Å². The van der Waals surface area contributed by atoms with Gasteiger partial charge in [0.25, 0.3) is 11.2 Å². The molecule has 0 spiro atoms. The summed E-state index contributed by atoms with van der Waals surface area (Å²) >= 11 is 2.24. The van der Waals surface area contributed by atoms with Gasteiger partial charge in [0.15, 0.2) is 9.96 Å². The summed E-state index contributed by atoms with van der Waals surface area (Å²) in [4.78, 5) is 53.9. The molecule has 48 heavy (non-hydrogen) atoms. The van der Waals surface area contributed by atoms with E-state index in [4.69, 9.17) is 14.5 Å². The molecule has 0 unspecified atom stereocenters. The first-order valence-corrected chi connectivity index (χ1v) is 16.5. The fraction of sp³-hybridized carbons (Fsp3) is 0.171. The monoisotopic (exact) mass is 679 g/mol. The Morgan fingerprint density at radius 2 is 1.75 bits per heavy atom. The fourth-order valence-corrected chi connectivity index (χ4v) is 7.34. The number of benzene rings is 3. The Balaban J connectivity index is 1.52. The number of aryl methyl sites for hydroxylation is 2. The van der Waals surface area contributed by atoms with E-state index in [-0.39, 0.29) is 22.4 Å². The lowest BCUT2D eigenvalue weighted by molar-refractivity contribution is -0.387. The number of hydrogen-bond acceptors (Lipinski definition) is 11. The van der Waals surface area contributed by atoms with Gasteiger partial charge in [-0.05, 0) is 74.0 Å². The van der Waals surface area contributed by atoms with E-state index in [1.54, 1.807) is 56.5 Å². The smallest absolute Gasteiger partial charge is 0.338 e. The second-order valence-corrected chi connectivity index (χ2v) is 12.7. The molecule has 1 aliphatic heterocycles. The lowest BCUT2D eigenvalue weighted by Gasteiger charge is -2.26. The van der Waals surface area contributed by atoms with Gasteiger partial charge in [0, 0.05) is 23.0 Å². The maximum atomic E-state index is 14.2. The van der Waals surface area contributed by atoms with Gasteiger partial charge < -0.3 is 9.47 Å². The number of aromatic nitrogens is 3. The normalized spacial score (nSPS) is 14.3. The van der Waals surface area contributed by atoms with Crippen LogP contribution in [0.4, 0.5) is 5.69 Å². The molecule has 0 amide bonds. The van der Waals surface area contributed by atoms with Gasteiger partial charge in [-0.3, -0.25) is 19.5 Å². The number of esters is 1. The van der Waals surface area contributed by atoms with Crippen LogP contribution in [0.2, 0.25) is 0 Å². The lowest BCUT2D eigenvalue weighted by Crippen LogP contribution is -2.40. The van der Waals surface area contributed by atoms with Crippen molar-refractivity contribution in [3.8, 4) is 5.75 Å². The number of nitro groups is 1. The number of hydrogen-bond donors (Lipinski definition) is 0. The molecule has 6 rings (SSSR count). The summed E-state index contributed by atoms with van der Waals surface area (Å²) in [5.41, 5.74) is 3.38. The van der Waals surface area contributed by atoms with Gasteiger partial charge in [-0.25, -0.2) is 19.8 Å². The molecule has 0 aliphatic carbocycles. The molecule has 0 saturated carbocycles. The van der Waals surface area contributed by atoms with E-state index in [1.165, 1.54) is 10.6 Å². The Labute approximate surface area is 283 Å². The SMILES string of the molecule is CCOC(=O)C1=C(c2ccccc2)N=c2s/c(=C/c3ccc(Sc4nc(C)cc(C)n4)c([N+](=O)[O-])c3)c(=O)n2[C@@H]1c1ccc(OC)cc1. The van der Waals surface area contributed by atoms with Crippen LogP contribution in [0.1, 0.15) is 41.0 Å². The molecule has 11 nitrogen and oxygen atoms in total. The molecule has 3 aromatic carbocycles. The predicted molar refractivity (Wildman–Crippen MR) is 183 cm³/mol. The second kappa shape index (κ2) is 13.8. The van der Waals surface area contributed by atoms with Crippen LogP contribution < -0.4 is 19.6 Å². The van der Waals surface area contributed by atoms with E-state index < -0.39 is 22.5 Å². The summed E-state index contributed by atoms with van der Waals surface area (Å²) in [6.45, 7) is 5.52. The van der Waals surface area contributed by atoms with Crippen LogP contribution in [0.25, 0.3) is 11.8 Å². The summed E-state index contributed by atoms with van der Waals surface area (Å²) in [5.74, 6) is 0.0232. The minimum atomic E-state index is -0.866. The van der Waals surface area contributed by atoms with E-state index in [9.17, 15) is 19.7 Å². The van der Waals surface area contributed by atoms with Gasteiger partial charge >= 0.3 is 5.97 Å². The van der Waals surface area contributed by atoms with Crippen molar-refractivity contribution < 1.29 is 19.2 Å². The number of fused-ring (bicyclic) bond motifs is 1. The largest absolute Gasteiger partial charge is 0.497 e. The number of nitrogens with zero attached hydrogens (tertiary/aromatic N) is 5. The molecule has 13 heteroatoms. The predicted octanol–water partition coefficient (Wildman–Crippen LogP) is 5.41. The number of nitro benzene ring substituents is 1. The Bertz CT molecular complexity index is 2240. The quantitative estimate of drug-likeness (QED) is 0.0866. The van der Waals surface area contributed by atoms with E-state index in [1.807, 2.05) is 50.2 Å². The maximum Gasteiger partial charge on any atom is 0.338 e. The van der Waals surface area contributed by atoms with E-state index in [2.05, 4.69) is 9.97 Å². The maximum absolute atomic E-state index is 14.2. The third-order valence-corrected chi connectivity index (χ3v) is 9.36. The van der Waals surface area contributed by atoms with Crippen LogP contribution in [0.3, 0.4) is 0 Å². The van der Waals surface area contributed by atoms with Crippen LogP contribution in [0, 0.1) is 24.0 Å². The van der Waals surface area contributed by atoms with Crippen molar-refractivity contribution in [2.75, 3.05) is 13.7 Å². The second-order valence-electron chi connectivity index (χ2n) is 10.7. The highest BCUT2D eigenvalue weighted by Gasteiger charge is 2.35. The number of ether oxygens (including phenoxy) is 2. The zero-order valence-electron chi connectivity index (χ0n) is 26.4. The van der Waals surface area contributed by atoms with Gasteiger partial charge in [0.1, 0.15) is 5.75 Å². The summed E-state index contributed by atoms with van der Waals surface area (Å²) in [7, 11) is 1.56. The van der Waals surface area contributed by atoms with E-state index in [0.29, 0.717) is 43.0 Å². The summed E-state index contributed by atoms with van der Waals surface area (Å²) in [5, 5.41) is 12.6. The molecule has 0 bridgehead atoms. The highest BCUT2D eigenvalue weighted by molar-refractivity contribution is 7.99. The average Bonchev–Trinajstić information content (AvgIpc) is 3.38. The minimum Gasteiger partial charge on any atom is -0.497 e. The molecule has 2 aromatic heterocycles. The Morgan fingerprint density at radius 1 is 1.04 bits per heavy atom. The van der Waals surface area contributed by atoms with Gasteiger partial charge in [-0.1, -0.05) is 59.9 Å². The number of carbonyl (C=O) groups is 1. The Kier molecular flexibility index (Phi) is 9.33. The summed E-state index contributed by atoms with van der Waals surface area (Å²) < 4.78 is 12.6. The molecule has 0 radical (unpaired) electrons. The van der Waals surface area contributed by atoms with Crippen molar-refractivity contribution in [2.24, 2.45) is 4.99 Å². The van der Waals surface area contributed by atoms with Crippen molar-refractivity contribution in [2.45, 2.75) is 36.9 Å². The molecule has 3 heterocycles. The summed E-state index contributed by atoms with van der Waals surface area (Å²) in [6.07, 6.45) is 1.60. The van der Waals surface area contributed by atoms with Crippen LogP contribution in [-0.4, -0.2) is 39.1 Å². The first-order valence-electron chi connectivity index (χ1n) is 14.9. The van der Waals surface area contributed by atoms with Crippen molar-refractivity contribution in [1.82, 2.24) is 14.5 Å². The third kappa shape index (κ3) is 6.55. The molecule has 0 saturated heterocycles. The number of carbonyl (C=O) groups excluding carboxylic acids is 1. The Hall–Kier alpha value is -5.40. The van der Waals surface area contributed by atoms with Crippen LogP contribution >= 0.6 is 23.1 Å². The van der Waals surface area contributed by atoms with Gasteiger partial charge in [-0.2, -0.15) is 0 Å². The molecular weight excluding hydrogens is 651 g/mol. The number of rotatable bonds is 9. The third-order valence-electron chi connectivity index (χ3n) is 7.45. The van der Waals surface area contributed by atoms with Crippen LogP contribution in [-0.2, 0) is 9.53 Å². The topological polar surface area (TPSA) is 139 Å². The molecule has 242 valence electrons. The first-order chi connectivity index (χ1) is 23.2. The van der Waals surface area contributed by atoms with Crippen LogP contribution in [0.15, 0.2) is 104 Å². The fourth-order valence-electron chi connectivity index (χ4n) is 5.38. The molecule has 1 atom stereocenters. The zero-order chi connectivity index (χ0) is 33.9. The molecular formula is C35H29N5O6S2. The standard InChI is InChI=1S/C35H29N5O6S2/c1-5-46-33(42)29-30(23-9-7-6-8-10-23)38-35-39(31(29)24-12-14-25(45-4)15-13-24)32(41)28(48-35)19-22-11-16-27(26(18-22)40(43)44)47-34-36-20(2)17-21(3)37-34/h6-19,31H,5H2,1-4H3/b28-19+/t31-/m1/s1. The van der Waals surface area contributed by atoms with Crippen molar-refractivity contribution >= 4 is 46.5 Å². The molecule has 0 N–H and O–H groups in total. The highest BCUT2D eigenvalue weighted by Crippen LogP contribution is 2.36. The number of methoxy groups -OCH3 is 1. The number of thiazole rings is 1. The highest BCUT2D eigenvalue weighted by atomic mass is 32.2.